The lowest BCUT2D eigenvalue weighted by Gasteiger charge is -2.16. The van der Waals surface area contributed by atoms with E-state index in [4.69, 9.17) is 0 Å². The number of pyridine rings is 1. The molecular formula is C16H13BrFN. The Morgan fingerprint density at radius 2 is 1.89 bits per heavy atom. The average molecular weight is 318 g/mol. The fourth-order valence-electron chi connectivity index (χ4n) is 3.58. The van der Waals surface area contributed by atoms with Crippen LogP contribution >= 0.6 is 15.9 Å². The quantitative estimate of drug-likeness (QED) is 0.720. The number of benzene rings is 1. The van der Waals surface area contributed by atoms with E-state index < -0.39 is 0 Å². The highest BCUT2D eigenvalue weighted by molar-refractivity contribution is 9.10. The third-order valence-electron chi connectivity index (χ3n) is 4.50. The molecule has 3 heteroatoms. The van der Waals surface area contributed by atoms with Crippen molar-refractivity contribution in [1.82, 2.24) is 4.98 Å². The van der Waals surface area contributed by atoms with Crippen LogP contribution in [0.15, 0.2) is 34.9 Å². The van der Waals surface area contributed by atoms with Gasteiger partial charge in [-0.1, -0.05) is 12.1 Å². The molecule has 2 aliphatic rings. The molecule has 1 aromatic heterocycles. The Hall–Kier alpha value is -1.22. The Labute approximate surface area is 120 Å². The summed E-state index contributed by atoms with van der Waals surface area (Å²) in [6.45, 7) is 0. The molecule has 2 aromatic rings. The van der Waals surface area contributed by atoms with E-state index in [-0.39, 0.29) is 5.82 Å². The summed E-state index contributed by atoms with van der Waals surface area (Å²) in [7, 11) is 0. The molecule has 0 aliphatic heterocycles. The molecule has 4 rings (SSSR count). The summed E-state index contributed by atoms with van der Waals surface area (Å²) in [4.78, 5) is 4.31. The topological polar surface area (TPSA) is 12.9 Å². The minimum Gasteiger partial charge on any atom is -0.255 e. The summed E-state index contributed by atoms with van der Waals surface area (Å²) in [5.41, 5.74) is 4.72. The van der Waals surface area contributed by atoms with Crippen LogP contribution in [0, 0.1) is 5.82 Å². The van der Waals surface area contributed by atoms with Crippen molar-refractivity contribution in [2.45, 2.75) is 31.1 Å². The molecule has 0 saturated heterocycles. The van der Waals surface area contributed by atoms with Gasteiger partial charge >= 0.3 is 0 Å². The monoisotopic (exact) mass is 317 g/mol. The van der Waals surface area contributed by atoms with Crippen molar-refractivity contribution in [1.29, 1.82) is 0 Å². The van der Waals surface area contributed by atoms with Crippen LogP contribution in [-0.2, 0) is 0 Å². The van der Waals surface area contributed by atoms with Crippen molar-refractivity contribution in [3.63, 3.8) is 0 Å². The van der Waals surface area contributed by atoms with Gasteiger partial charge in [0.1, 0.15) is 5.82 Å². The van der Waals surface area contributed by atoms with Crippen molar-refractivity contribution in [2.24, 2.45) is 0 Å². The first kappa shape index (κ1) is 11.6. The van der Waals surface area contributed by atoms with Crippen LogP contribution in [0.4, 0.5) is 4.39 Å². The second-order valence-corrected chi connectivity index (χ2v) is 6.39. The zero-order valence-electron chi connectivity index (χ0n) is 10.4. The molecule has 1 fully saturated rings. The second kappa shape index (κ2) is 4.14. The number of hydrogen-bond donors (Lipinski definition) is 0. The zero-order chi connectivity index (χ0) is 13.0. The summed E-state index contributed by atoms with van der Waals surface area (Å²) in [6.07, 6.45) is 5.48. The highest BCUT2D eigenvalue weighted by Crippen LogP contribution is 2.53. The van der Waals surface area contributed by atoms with Crippen LogP contribution in [0.3, 0.4) is 0 Å². The van der Waals surface area contributed by atoms with Gasteiger partial charge in [0.05, 0.1) is 10.2 Å². The van der Waals surface area contributed by atoms with Crippen LogP contribution < -0.4 is 0 Å². The van der Waals surface area contributed by atoms with Gasteiger partial charge in [-0.15, -0.1) is 0 Å². The van der Waals surface area contributed by atoms with E-state index in [2.05, 4.69) is 39.1 Å². The zero-order valence-corrected chi connectivity index (χ0v) is 12.0. The van der Waals surface area contributed by atoms with Crippen molar-refractivity contribution in [2.75, 3.05) is 0 Å². The molecular weight excluding hydrogens is 305 g/mol. The van der Waals surface area contributed by atoms with Gasteiger partial charge in [-0.05, 0) is 64.2 Å². The largest absolute Gasteiger partial charge is 0.255 e. The Morgan fingerprint density at radius 3 is 2.68 bits per heavy atom. The van der Waals surface area contributed by atoms with Gasteiger partial charge in [0.25, 0.3) is 0 Å². The molecule has 0 amide bonds. The summed E-state index contributed by atoms with van der Waals surface area (Å²) in [6, 6.07) is 8.01. The van der Waals surface area contributed by atoms with Gasteiger partial charge in [0.15, 0.2) is 0 Å². The standard InChI is InChI=1S/C16H13BrFN/c17-14-8-19-16(7-15(14)18)11-3-4-12-9-1-2-10(5-9)13(12)6-11/h3-4,6-10H,1-2,5H2. The first-order valence-electron chi connectivity index (χ1n) is 6.67. The van der Waals surface area contributed by atoms with E-state index in [0.29, 0.717) is 10.2 Å². The molecule has 2 unspecified atom stereocenters. The Bertz CT molecular complexity index is 668. The van der Waals surface area contributed by atoms with Gasteiger partial charge in [0.2, 0.25) is 0 Å². The molecule has 2 aliphatic carbocycles. The maximum atomic E-state index is 13.6. The molecule has 0 spiro atoms. The predicted molar refractivity (Wildman–Crippen MR) is 76.7 cm³/mol. The van der Waals surface area contributed by atoms with E-state index in [0.717, 1.165) is 17.4 Å². The fraction of sp³-hybridized carbons (Fsp3) is 0.312. The van der Waals surface area contributed by atoms with Crippen LogP contribution in [0.25, 0.3) is 11.3 Å². The third-order valence-corrected chi connectivity index (χ3v) is 5.09. The number of rotatable bonds is 1. The number of nitrogens with zero attached hydrogens (tertiary/aromatic N) is 1. The Balaban J connectivity index is 1.80. The molecule has 1 aromatic carbocycles. The second-order valence-electron chi connectivity index (χ2n) is 5.53. The number of halogens is 2. The van der Waals surface area contributed by atoms with Crippen LogP contribution in [-0.4, -0.2) is 4.98 Å². The molecule has 0 N–H and O–H groups in total. The predicted octanol–water partition coefficient (Wildman–Crippen LogP) is 5.01. The molecule has 0 radical (unpaired) electrons. The summed E-state index contributed by atoms with van der Waals surface area (Å²) in [5.74, 6) is 1.23. The Morgan fingerprint density at radius 1 is 1.11 bits per heavy atom. The maximum absolute atomic E-state index is 13.6. The van der Waals surface area contributed by atoms with Gasteiger partial charge < -0.3 is 0 Å². The lowest BCUT2D eigenvalue weighted by atomic mass is 9.90. The van der Waals surface area contributed by atoms with Crippen LogP contribution in [0.1, 0.15) is 42.2 Å². The minimum atomic E-state index is -0.257. The summed E-state index contributed by atoms with van der Waals surface area (Å²) < 4.78 is 14.0. The van der Waals surface area contributed by atoms with E-state index in [1.807, 2.05) is 0 Å². The molecule has 2 atom stereocenters. The van der Waals surface area contributed by atoms with E-state index in [1.165, 1.54) is 42.7 Å². The number of aromatic nitrogens is 1. The first-order valence-corrected chi connectivity index (χ1v) is 7.47. The van der Waals surface area contributed by atoms with E-state index >= 15 is 0 Å². The lowest BCUT2D eigenvalue weighted by molar-refractivity contribution is 0.619. The van der Waals surface area contributed by atoms with Crippen molar-refractivity contribution >= 4 is 15.9 Å². The van der Waals surface area contributed by atoms with Gasteiger partial charge in [0, 0.05) is 17.8 Å². The highest BCUT2D eigenvalue weighted by atomic mass is 79.9. The molecule has 19 heavy (non-hydrogen) atoms. The van der Waals surface area contributed by atoms with Crippen molar-refractivity contribution < 1.29 is 4.39 Å². The van der Waals surface area contributed by atoms with Gasteiger partial charge in [-0.3, -0.25) is 4.98 Å². The van der Waals surface area contributed by atoms with Crippen molar-refractivity contribution in [3.8, 4) is 11.3 Å². The van der Waals surface area contributed by atoms with Crippen LogP contribution in [0.2, 0.25) is 0 Å². The Kier molecular flexibility index (Phi) is 2.52. The highest BCUT2D eigenvalue weighted by Gasteiger charge is 2.36. The number of hydrogen-bond acceptors (Lipinski definition) is 1. The van der Waals surface area contributed by atoms with Crippen LogP contribution in [0.5, 0.6) is 0 Å². The maximum Gasteiger partial charge on any atom is 0.141 e. The fourth-order valence-corrected chi connectivity index (χ4v) is 3.79. The van der Waals surface area contributed by atoms with E-state index in [1.54, 1.807) is 0 Å². The molecule has 2 bridgehead atoms. The third kappa shape index (κ3) is 1.75. The molecule has 1 heterocycles. The summed E-state index contributed by atoms with van der Waals surface area (Å²) in [5, 5.41) is 0. The van der Waals surface area contributed by atoms with Crippen molar-refractivity contribution in [3.05, 3.63) is 51.9 Å². The van der Waals surface area contributed by atoms with Gasteiger partial charge in [-0.25, -0.2) is 4.39 Å². The summed E-state index contributed by atoms with van der Waals surface area (Å²) >= 11 is 3.14. The first-order chi connectivity index (χ1) is 9.22. The van der Waals surface area contributed by atoms with Gasteiger partial charge in [-0.2, -0.15) is 0 Å². The molecule has 1 saturated carbocycles. The average Bonchev–Trinajstić information content (AvgIpc) is 3.03. The lowest BCUT2D eigenvalue weighted by Crippen LogP contribution is -1.98. The normalized spacial score (nSPS) is 23.7. The minimum absolute atomic E-state index is 0.257. The molecule has 1 nitrogen and oxygen atoms in total. The smallest absolute Gasteiger partial charge is 0.141 e. The number of fused-ring (bicyclic) bond motifs is 5. The SMILES string of the molecule is Fc1cc(-c2ccc3c(c2)C2CCC3C2)ncc1Br. The van der Waals surface area contributed by atoms with E-state index in [9.17, 15) is 4.39 Å². The molecule has 96 valence electrons.